The average Bonchev–Trinajstić information content (AvgIpc) is 2.37. The van der Waals surface area contributed by atoms with E-state index in [1.54, 1.807) is 19.9 Å². The van der Waals surface area contributed by atoms with Crippen molar-refractivity contribution in [1.82, 2.24) is 9.97 Å². The van der Waals surface area contributed by atoms with E-state index in [-0.39, 0.29) is 16.4 Å². The lowest BCUT2D eigenvalue weighted by Gasteiger charge is -2.08. The molecule has 0 saturated carbocycles. The summed E-state index contributed by atoms with van der Waals surface area (Å²) in [4.78, 5) is 8.04. The molecule has 2 aromatic rings. The van der Waals surface area contributed by atoms with Crippen molar-refractivity contribution < 1.29 is 8.42 Å². The second-order valence-electron chi connectivity index (χ2n) is 4.22. The van der Waals surface area contributed by atoms with E-state index in [1.165, 1.54) is 24.3 Å². The Morgan fingerprint density at radius 2 is 1.80 bits per heavy atom. The van der Waals surface area contributed by atoms with E-state index in [4.69, 9.17) is 5.26 Å². The number of nitrogens with zero attached hydrogens (tertiary/aromatic N) is 3. The third-order valence-electron chi connectivity index (χ3n) is 2.48. The molecular weight excluding hydrogens is 276 g/mol. The fourth-order valence-electron chi connectivity index (χ4n) is 1.68. The minimum Gasteiger partial charge on any atom is -0.247 e. The zero-order valence-electron chi connectivity index (χ0n) is 11.0. The van der Waals surface area contributed by atoms with Crippen LogP contribution in [0.5, 0.6) is 0 Å². The van der Waals surface area contributed by atoms with Crippen LogP contribution in [0.4, 0.5) is 5.95 Å². The van der Waals surface area contributed by atoms with Gasteiger partial charge in [0.1, 0.15) is 0 Å². The number of hydrogen-bond acceptors (Lipinski definition) is 5. The Labute approximate surface area is 117 Å². The largest absolute Gasteiger partial charge is 0.264 e. The molecule has 0 unspecified atom stereocenters. The Morgan fingerprint density at radius 1 is 1.15 bits per heavy atom. The van der Waals surface area contributed by atoms with Gasteiger partial charge in [0.15, 0.2) is 0 Å². The molecular formula is C13H12N4O2S. The van der Waals surface area contributed by atoms with Crippen molar-refractivity contribution in [2.75, 3.05) is 4.72 Å². The van der Waals surface area contributed by atoms with Gasteiger partial charge in [0.25, 0.3) is 10.0 Å². The van der Waals surface area contributed by atoms with Crippen LogP contribution < -0.4 is 4.72 Å². The molecule has 1 N–H and O–H groups in total. The van der Waals surface area contributed by atoms with Crippen molar-refractivity contribution in [2.24, 2.45) is 0 Å². The van der Waals surface area contributed by atoms with Crippen LogP contribution in [0.2, 0.25) is 0 Å². The lowest BCUT2D eigenvalue weighted by molar-refractivity contribution is 0.600. The van der Waals surface area contributed by atoms with Crippen LogP contribution in [0.3, 0.4) is 0 Å². The second kappa shape index (κ2) is 5.27. The molecule has 0 spiro atoms. The molecule has 1 heterocycles. The highest BCUT2D eigenvalue weighted by Gasteiger charge is 2.16. The minimum atomic E-state index is -3.81. The van der Waals surface area contributed by atoms with Gasteiger partial charge >= 0.3 is 0 Å². The molecule has 0 radical (unpaired) electrons. The van der Waals surface area contributed by atoms with Gasteiger partial charge in [-0.3, -0.25) is 0 Å². The maximum atomic E-state index is 12.2. The number of benzene rings is 1. The number of sulfonamides is 1. The first-order chi connectivity index (χ1) is 9.40. The molecule has 0 aliphatic carbocycles. The topological polar surface area (TPSA) is 95.7 Å². The normalized spacial score (nSPS) is 10.8. The maximum Gasteiger partial charge on any atom is 0.264 e. The van der Waals surface area contributed by atoms with Gasteiger partial charge in [-0.25, -0.2) is 23.1 Å². The summed E-state index contributed by atoms with van der Waals surface area (Å²) in [7, 11) is -3.81. The van der Waals surface area contributed by atoms with Crippen LogP contribution in [0.25, 0.3) is 0 Å². The first-order valence-electron chi connectivity index (χ1n) is 5.76. The predicted molar refractivity (Wildman–Crippen MR) is 73.5 cm³/mol. The lowest BCUT2D eigenvalue weighted by Crippen LogP contribution is -2.15. The monoisotopic (exact) mass is 288 g/mol. The summed E-state index contributed by atoms with van der Waals surface area (Å²) in [6, 6.07) is 9.39. The van der Waals surface area contributed by atoms with Gasteiger partial charge in [-0.1, -0.05) is 6.07 Å². The molecule has 7 heteroatoms. The standard InChI is InChI=1S/C13H12N4O2S/c1-9-6-10(2)16-13(15-9)17-20(18,19)12-5-3-4-11(7-12)8-14/h3-7H,1-2H3,(H,15,16,17). The van der Waals surface area contributed by atoms with Crippen LogP contribution in [-0.2, 0) is 10.0 Å². The van der Waals surface area contributed by atoms with E-state index in [0.29, 0.717) is 11.4 Å². The Kier molecular flexibility index (Phi) is 3.68. The number of nitriles is 1. The highest BCUT2D eigenvalue weighted by atomic mass is 32.2. The number of aromatic nitrogens is 2. The van der Waals surface area contributed by atoms with E-state index in [2.05, 4.69) is 14.7 Å². The van der Waals surface area contributed by atoms with Crippen LogP contribution in [0.1, 0.15) is 17.0 Å². The van der Waals surface area contributed by atoms with Crippen molar-refractivity contribution in [3.8, 4) is 6.07 Å². The quantitative estimate of drug-likeness (QED) is 0.928. The van der Waals surface area contributed by atoms with E-state index >= 15 is 0 Å². The highest BCUT2D eigenvalue weighted by molar-refractivity contribution is 7.92. The van der Waals surface area contributed by atoms with Gasteiger partial charge < -0.3 is 0 Å². The molecule has 0 fully saturated rings. The zero-order chi connectivity index (χ0) is 14.8. The molecule has 20 heavy (non-hydrogen) atoms. The van der Waals surface area contributed by atoms with Gasteiger partial charge in [-0.2, -0.15) is 5.26 Å². The third-order valence-corrected chi connectivity index (χ3v) is 3.81. The highest BCUT2D eigenvalue weighted by Crippen LogP contribution is 2.15. The van der Waals surface area contributed by atoms with E-state index < -0.39 is 10.0 Å². The molecule has 1 aromatic heterocycles. The fraction of sp³-hybridized carbons (Fsp3) is 0.154. The van der Waals surface area contributed by atoms with Crippen LogP contribution in [-0.4, -0.2) is 18.4 Å². The number of nitrogens with one attached hydrogen (secondary N) is 1. The SMILES string of the molecule is Cc1cc(C)nc(NS(=O)(=O)c2cccc(C#N)c2)n1. The van der Waals surface area contributed by atoms with Gasteiger partial charge in [-0.05, 0) is 38.1 Å². The molecule has 0 aliphatic rings. The van der Waals surface area contributed by atoms with Gasteiger partial charge in [0.05, 0.1) is 16.5 Å². The fourth-order valence-corrected chi connectivity index (χ4v) is 2.67. The smallest absolute Gasteiger partial charge is 0.247 e. The Morgan fingerprint density at radius 3 is 2.40 bits per heavy atom. The maximum absolute atomic E-state index is 12.2. The van der Waals surface area contributed by atoms with Gasteiger partial charge in [-0.15, -0.1) is 0 Å². The molecule has 0 aliphatic heterocycles. The molecule has 0 atom stereocenters. The molecule has 2 rings (SSSR count). The van der Waals surface area contributed by atoms with Crippen molar-refractivity contribution in [3.63, 3.8) is 0 Å². The zero-order valence-corrected chi connectivity index (χ0v) is 11.8. The molecule has 6 nitrogen and oxygen atoms in total. The molecule has 102 valence electrons. The predicted octanol–water partition coefficient (Wildman–Crippen LogP) is 1.77. The summed E-state index contributed by atoms with van der Waals surface area (Å²) in [5.74, 6) is 0.0184. The van der Waals surface area contributed by atoms with Crippen molar-refractivity contribution in [3.05, 3.63) is 47.3 Å². The van der Waals surface area contributed by atoms with Crippen LogP contribution in [0, 0.1) is 25.2 Å². The Hall–Kier alpha value is -2.46. The number of anilines is 1. The number of aryl methyl sites for hydroxylation is 2. The first-order valence-corrected chi connectivity index (χ1v) is 7.24. The number of rotatable bonds is 3. The summed E-state index contributed by atoms with van der Waals surface area (Å²) in [6.07, 6.45) is 0. The van der Waals surface area contributed by atoms with Gasteiger partial charge in [0.2, 0.25) is 5.95 Å². The number of hydrogen-bond donors (Lipinski definition) is 1. The van der Waals surface area contributed by atoms with Gasteiger partial charge in [0, 0.05) is 11.4 Å². The van der Waals surface area contributed by atoms with Crippen molar-refractivity contribution in [2.45, 2.75) is 18.7 Å². The van der Waals surface area contributed by atoms with Crippen molar-refractivity contribution in [1.29, 1.82) is 5.26 Å². The second-order valence-corrected chi connectivity index (χ2v) is 5.90. The summed E-state index contributed by atoms with van der Waals surface area (Å²) in [5.41, 5.74) is 1.61. The Balaban J connectivity index is 2.38. The van der Waals surface area contributed by atoms with E-state index in [0.717, 1.165) is 0 Å². The van der Waals surface area contributed by atoms with Crippen LogP contribution in [0.15, 0.2) is 35.2 Å². The lowest BCUT2D eigenvalue weighted by atomic mass is 10.2. The third kappa shape index (κ3) is 3.10. The molecule has 1 aromatic carbocycles. The first kappa shape index (κ1) is 14.0. The summed E-state index contributed by atoms with van der Waals surface area (Å²) in [5, 5.41) is 8.80. The minimum absolute atomic E-state index is 0.000640. The summed E-state index contributed by atoms with van der Waals surface area (Å²) in [6.45, 7) is 3.51. The van der Waals surface area contributed by atoms with Crippen LogP contribution >= 0.6 is 0 Å². The summed E-state index contributed by atoms with van der Waals surface area (Å²) >= 11 is 0. The van der Waals surface area contributed by atoms with E-state index in [9.17, 15) is 8.42 Å². The van der Waals surface area contributed by atoms with E-state index in [1.807, 2.05) is 6.07 Å². The average molecular weight is 288 g/mol. The molecule has 0 saturated heterocycles. The Bertz CT molecular complexity index is 774. The molecule has 0 amide bonds. The van der Waals surface area contributed by atoms with Crippen molar-refractivity contribution >= 4 is 16.0 Å². The summed E-state index contributed by atoms with van der Waals surface area (Å²) < 4.78 is 26.7. The molecule has 0 bridgehead atoms.